The van der Waals surface area contributed by atoms with Gasteiger partial charge in [0.05, 0.1) is 5.69 Å². The van der Waals surface area contributed by atoms with Gasteiger partial charge in [-0.15, -0.1) is 0 Å². The molecule has 2 aliphatic rings. The third-order valence-corrected chi connectivity index (χ3v) is 5.95. The summed E-state index contributed by atoms with van der Waals surface area (Å²) in [4.78, 5) is 17.8. The summed E-state index contributed by atoms with van der Waals surface area (Å²) < 4.78 is 1.88. The summed E-state index contributed by atoms with van der Waals surface area (Å²) in [7, 11) is 0. The molecule has 5 heteroatoms. The van der Waals surface area contributed by atoms with Crippen LogP contribution in [0.3, 0.4) is 0 Å². The fourth-order valence-corrected chi connectivity index (χ4v) is 4.64. The second kappa shape index (κ2) is 6.88. The van der Waals surface area contributed by atoms with Crippen molar-refractivity contribution in [2.75, 3.05) is 13.1 Å². The minimum absolute atomic E-state index is 0.283. The zero-order valence-corrected chi connectivity index (χ0v) is 15.8. The van der Waals surface area contributed by atoms with E-state index < -0.39 is 0 Å². The highest BCUT2D eigenvalue weighted by molar-refractivity contribution is 5.87. The van der Waals surface area contributed by atoms with Gasteiger partial charge in [-0.2, -0.15) is 5.10 Å². The van der Waals surface area contributed by atoms with Crippen LogP contribution in [-0.4, -0.2) is 50.2 Å². The molecule has 1 spiro atoms. The number of amides is 1. The van der Waals surface area contributed by atoms with E-state index in [0.29, 0.717) is 5.91 Å². The van der Waals surface area contributed by atoms with Gasteiger partial charge in [-0.25, -0.2) is 4.68 Å². The molecule has 0 bridgehead atoms. The molecule has 26 heavy (non-hydrogen) atoms. The van der Waals surface area contributed by atoms with Crippen LogP contribution < -0.4 is 0 Å². The molecule has 1 aromatic heterocycles. The molecule has 1 aromatic carbocycles. The van der Waals surface area contributed by atoms with Crippen molar-refractivity contribution in [2.24, 2.45) is 0 Å². The number of rotatable bonds is 4. The van der Waals surface area contributed by atoms with Crippen LogP contribution in [0.15, 0.2) is 42.7 Å². The molecule has 2 saturated heterocycles. The van der Waals surface area contributed by atoms with Crippen LogP contribution >= 0.6 is 0 Å². The summed E-state index contributed by atoms with van der Waals surface area (Å²) in [5.74, 6) is 0.347. The number of hydrogen-bond donors (Lipinski definition) is 0. The first-order valence-corrected chi connectivity index (χ1v) is 9.75. The number of likely N-dealkylation sites (tertiary alicyclic amines) is 2. The number of benzene rings is 1. The molecule has 1 atom stereocenters. The van der Waals surface area contributed by atoms with E-state index in [4.69, 9.17) is 0 Å². The highest BCUT2D eigenvalue weighted by Crippen LogP contribution is 2.39. The normalized spacial score (nSPS) is 24.1. The molecule has 2 aliphatic heterocycles. The average Bonchev–Trinajstić information content (AvgIpc) is 3.29. The molecule has 0 radical (unpaired) electrons. The van der Waals surface area contributed by atoms with E-state index in [-0.39, 0.29) is 11.6 Å². The maximum atomic E-state index is 13.3. The third-order valence-electron chi connectivity index (χ3n) is 5.95. The van der Waals surface area contributed by atoms with Gasteiger partial charge in [0.2, 0.25) is 5.91 Å². The van der Waals surface area contributed by atoms with Crippen LogP contribution in [0.1, 0.15) is 45.1 Å². The second-order valence-corrected chi connectivity index (χ2v) is 7.87. The Labute approximate surface area is 155 Å². The summed E-state index contributed by atoms with van der Waals surface area (Å²) >= 11 is 0. The van der Waals surface area contributed by atoms with Gasteiger partial charge in [0.1, 0.15) is 5.54 Å². The Balaban J connectivity index is 1.58. The number of aromatic nitrogens is 2. The van der Waals surface area contributed by atoms with Crippen LogP contribution in [0.2, 0.25) is 0 Å². The highest BCUT2D eigenvalue weighted by atomic mass is 16.2. The topological polar surface area (TPSA) is 41.4 Å². The van der Waals surface area contributed by atoms with Crippen LogP contribution in [0.25, 0.3) is 5.69 Å². The molecule has 1 amide bonds. The molecule has 3 heterocycles. The Bertz CT molecular complexity index is 770. The number of nitrogens with zero attached hydrogens (tertiary/aromatic N) is 4. The maximum absolute atomic E-state index is 13.3. The monoisotopic (exact) mass is 352 g/mol. The summed E-state index contributed by atoms with van der Waals surface area (Å²) in [5.41, 5.74) is 2.03. The average molecular weight is 352 g/mol. The fourth-order valence-electron chi connectivity index (χ4n) is 4.64. The molecule has 5 nitrogen and oxygen atoms in total. The van der Waals surface area contributed by atoms with Crippen molar-refractivity contribution in [1.82, 2.24) is 19.6 Å². The van der Waals surface area contributed by atoms with Crippen LogP contribution in [0, 0.1) is 0 Å². The zero-order chi connectivity index (χ0) is 18.1. The van der Waals surface area contributed by atoms with Gasteiger partial charge in [-0.3, -0.25) is 9.69 Å². The lowest BCUT2D eigenvalue weighted by Crippen LogP contribution is -2.61. The standard InChI is InChI=1S/C21H28N4O/c1-17(2)24-13-5-10-21(20(24)26)9-4-12-23(21)16-18-7-3-8-19(15-18)25-14-6-11-22-25/h3,6-8,11,14-15,17H,4-5,9-10,12-13,16H2,1-2H3. The maximum Gasteiger partial charge on any atom is 0.243 e. The van der Waals surface area contributed by atoms with Crippen molar-refractivity contribution in [3.05, 3.63) is 48.3 Å². The van der Waals surface area contributed by atoms with E-state index in [0.717, 1.165) is 51.0 Å². The van der Waals surface area contributed by atoms with Crippen LogP contribution in [0.5, 0.6) is 0 Å². The minimum Gasteiger partial charge on any atom is -0.339 e. The van der Waals surface area contributed by atoms with Crippen molar-refractivity contribution in [3.8, 4) is 5.69 Å². The number of piperidine rings is 1. The van der Waals surface area contributed by atoms with Crippen molar-refractivity contribution in [1.29, 1.82) is 0 Å². The molecule has 1 unspecified atom stereocenters. The lowest BCUT2D eigenvalue weighted by atomic mass is 9.84. The Kier molecular flexibility index (Phi) is 4.57. The number of carbonyl (C=O) groups is 1. The zero-order valence-electron chi connectivity index (χ0n) is 15.8. The molecule has 138 valence electrons. The van der Waals surface area contributed by atoms with Gasteiger partial charge in [0.25, 0.3) is 0 Å². The molecule has 0 N–H and O–H groups in total. The van der Waals surface area contributed by atoms with E-state index >= 15 is 0 Å². The molecule has 0 aliphatic carbocycles. The summed E-state index contributed by atoms with van der Waals surface area (Å²) in [6, 6.07) is 10.7. The molecular formula is C21H28N4O. The van der Waals surface area contributed by atoms with E-state index in [2.05, 4.69) is 53.0 Å². The van der Waals surface area contributed by atoms with E-state index in [9.17, 15) is 4.79 Å². The first-order valence-electron chi connectivity index (χ1n) is 9.75. The van der Waals surface area contributed by atoms with Crippen molar-refractivity contribution in [2.45, 2.75) is 57.7 Å². The van der Waals surface area contributed by atoms with Gasteiger partial charge in [-0.05, 0) is 69.8 Å². The van der Waals surface area contributed by atoms with E-state index in [1.54, 1.807) is 6.20 Å². The number of carbonyl (C=O) groups excluding carboxylic acids is 1. The summed E-state index contributed by atoms with van der Waals surface area (Å²) in [6.07, 6.45) is 7.96. The lowest BCUT2D eigenvalue weighted by Gasteiger charge is -2.46. The van der Waals surface area contributed by atoms with E-state index in [1.165, 1.54) is 5.56 Å². The fraction of sp³-hybridized carbons (Fsp3) is 0.524. The second-order valence-electron chi connectivity index (χ2n) is 7.87. The Morgan fingerprint density at radius 1 is 1.15 bits per heavy atom. The third kappa shape index (κ3) is 2.94. The molecular weight excluding hydrogens is 324 g/mol. The first-order chi connectivity index (χ1) is 12.6. The Hall–Kier alpha value is -2.14. The quantitative estimate of drug-likeness (QED) is 0.848. The predicted molar refractivity (Wildman–Crippen MR) is 102 cm³/mol. The molecule has 0 saturated carbocycles. The minimum atomic E-state index is -0.287. The summed E-state index contributed by atoms with van der Waals surface area (Å²) in [6.45, 7) is 6.99. The van der Waals surface area contributed by atoms with Crippen LogP contribution in [-0.2, 0) is 11.3 Å². The van der Waals surface area contributed by atoms with Crippen molar-refractivity contribution >= 4 is 5.91 Å². The van der Waals surface area contributed by atoms with Gasteiger partial charge in [0.15, 0.2) is 0 Å². The van der Waals surface area contributed by atoms with Gasteiger partial charge in [0, 0.05) is 31.5 Å². The molecule has 2 fully saturated rings. The lowest BCUT2D eigenvalue weighted by molar-refractivity contribution is -0.149. The summed E-state index contributed by atoms with van der Waals surface area (Å²) in [5, 5.41) is 4.33. The predicted octanol–water partition coefficient (Wildman–Crippen LogP) is 3.24. The van der Waals surface area contributed by atoms with Gasteiger partial charge < -0.3 is 4.90 Å². The van der Waals surface area contributed by atoms with Crippen molar-refractivity contribution in [3.63, 3.8) is 0 Å². The molecule has 2 aromatic rings. The van der Waals surface area contributed by atoms with E-state index in [1.807, 2.05) is 16.9 Å². The van der Waals surface area contributed by atoms with Crippen LogP contribution in [0.4, 0.5) is 0 Å². The van der Waals surface area contributed by atoms with Gasteiger partial charge in [-0.1, -0.05) is 12.1 Å². The number of hydrogen-bond acceptors (Lipinski definition) is 3. The Morgan fingerprint density at radius 3 is 2.69 bits per heavy atom. The highest BCUT2D eigenvalue weighted by Gasteiger charge is 2.50. The largest absolute Gasteiger partial charge is 0.339 e. The smallest absolute Gasteiger partial charge is 0.243 e. The molecule has 4 rings (SSSR count). The Morgan fingerprint density at radius 2 is 1.96 bits per heavy atom. The van der Waals surface area contributed by atoms with Gasteiger partial charge >= 0.3 is 0 Å². The van der Waals surface area contributed by atoms with Crippen molar-refractivity contribution < 1.29 is 4.79 Å². The SMILES string of the molecule is CC(C)N1CCCC2(CCCN2Cc2cccc(-n3cccn3)c2)C1=O. The first kappa shape index (κ1) is 17.3.